The smallest absolute Gasteiger partial charge is 0.328 e. The molecule has 1 aromatic carbocycles. The summed E-state index contributed by atoms with van der Waals surface area (Å²) >= 11 is 1.17. The highest BCUT2D eigenvalue weighted by atomic mass is 32.2. The van der Waals surface area contributed by atoms with Gasteiger partial charge in [-0.05, 0) is 18.1 Å². The molecule has 4 N–H and O–H groups in total. The zero-order chi connectivity index (χ0) is 22.8. The van der Waals surface area contributed by atoms with Gasteiger partial charge in [-0.1, -0.05) is 43.8 Å². The molecule has 2 aromatic heterocycles. The molecule has 0 spiro atoms. The van der Waals surface area contributed by atoms with Crippen molar-refractivity contribution >= 4 is 34.5 Å². The number of thioether (sulfide) groups is 1. The van der Waals surface area contributed by atoms with Gasteiger partial charge in [-0.15, -0.1) is 10.2 Å². The first-order valence-electron chi connectivity index (χ1n) is 10.7. The minimum Gasteiger partial charge on any atom is -0.467 e. The Labute approximate surface area is 190 Å². The number of nitrogens with zero attached hydrogens (tertiary/aromatic N) is 3. The molecule has 1 amide bonds. The molecule has 9 nitrogen and oxygen atoms in total. The van der Waals surface area contributed by atoms with E-state index in [2.05, 4.69) is 34.8 Å². The van der Waals surface area contributed by atoms with Gasteiger partial charge in [-0.2, -0.15) is 0 Å². The Morgan fingerprint density at radius 3 is 2.91 bits per heavy atom. The SMILES string of the molecule is CC[C@@H](C)[C@H]([NH3+])c1nnc(SCC(=O)N2Cc3[nH]c4ccccc4c3C[C@@H]2C(=O)OC)o1. The second-order valence-corrected chi connectivity index (χ2v) is 9.01. The summed E-state index contributed by atoms with van der Waals surface area (Å²) in [6.07, 6.45) is 1.36. The Morgan fingerprint density at radius 1 is 1.38 bits per heavy atom. The molecule has 0 bridgehead atoms. The van der Waals surface area contributed by atoms with Gasteiger partial charge in [-0.3, -0.25) is 4.79 Å². The molecule has 0 saturated carbocycles. The van der Waals surface area contributed by atoms with Gasteiger partial charge in [0, 0.05) is 28.9 Å². The van der Waals surface area contributed by atoms with Crippen LogP contribution in [0.25, 0.3) is 10.9 Å². The molecule has 170 valence electrons. The van der Waals surface area contributed by atoms with Crippen LogP contribution in [0.3, 0.4) is 0 Å². The zero-order valence-electron chi connectivity index (χ0n) is 18.5. The molecule has 32 heavy (non-hydrogen) atoms. The fourth-order valence-electron chi connectivity index (χ4n) is 3.98. The number of aromatic amines is 1. The largest absolute Gasteiger partial charge is 0.467 e. The lowest BCUT2D eigenvalue weighted by atomic mass is 9.96. The van der Waals surface area contributed by atoms with Crippen LogP contribution in [0.1, 0.15) is 43.5 Å². The number of hydrogen-bond donors (Lipinski definition) is 2. The molecule has 0 unspecified atom stereocenters. The van der Waals surface area contributed by atoms with Crippen molar-refractivity contribution in [2.45, 2.75) is 50.5 Å². The van der Waals surface area contributed by atoms with Gasteiger partial charge >= 0.3 is 5.97 Å². The number of fused-ring (bicyclic) bond motifs is 3. The molecule has 0 aliphatic carbocycles. The van der Waals surface area contributed by atoms with Crippen molar-refractivity contribution in [3.8, 4) is 0 Å². The number of quaternary nitrogens is 1. The van der Waals surface area contributed by atoms with Crippen molar-refractivity contribution in [2.75, 3.05) is 12.9 Å². The third kappa shape index (κ3) is 4.24. The van der Waals surface area contributed by atoms with Gasteiger partial charge in [-0.25, -0.2) is 4.79 Å². The van der Waals surface area contributed by atoms with Crippen molar-refractivity contribution in [3.63, 3.8) is 0 Å². The van der Waals surface area contributed by atoms with Gasteiger partial charge in [0.15, 0.2) is 6.04 Å². The highest BCUT2D eigenvalue weighted by Crippen LogP contribution is 2.31. The lowest BCUT2D eigenvalue weighted by Crippen LogP contribution is -2.56. The number of hydrogen-bond acceptors (Lipinski definition) is 7. The van der Waals surface area contributed by atoms with Crippen LogP contribution in [-0.4, -0.2) is 50.9 Å². The van der Waals surface area contributed by atoms with E-state index in [1.165, 1.54) is 18.9 Å². The van der Waals surface area contributed by atoms with Gasteiger partial charge < -0.3 is 24.8 Å². The number of esters is 1. The first kappa shape index (κ1) is 22.3. The third-order valence-electron chi connectivity index (χ3n) is 6.19. The Balaban J connectivity index is 1.49. The lowest BCUT2D eigenvalue weighted by molar-refractivity contribution is -0.444. The van der Waals surface area contributed by atoms with E-state index in [-0.39, 0.29) is 17.7 Å². The van der Waals surface area contributed by atoms with E-state index in [0.717, 1.165) is 28.6 Å². The average Bonchev–Trinajstić information content (AvgIpc) is 3.44. The summed E-state index contributed by atoms with van der Waals surface area (Å²) in [6, 6.07) is 7.17. The van der Waals surface area contributed by atoms with Gasteiger partial charge in [0.1, 0.15) is 6.04 Å². The summed E-state index contributed by atoms with van der Waals surface area (Å²) in [4.78, 5) is 30.6. The Hall–Kier alpha value is -2.85. The monoisotopic (exact) mass is 458 g/mol. The van der Waals surface area contributed by atoms with Crippen LogP contribution in [0, 0.1) is 5.92 Å². The Bertz CT molecular complexity index is 1130. The van der Waals surface area contributed by atoms with E-state index in [1.54, 1.807) is 4.90 Å². The van der Waals surface area contributed by atoms with Crippen LogP contribution in [0.15, 0.2) is 33.9 Å². The number of nitrogens with one attached hydrogen (secondary N) is 1. The number of carbonyl (C=O) groups is 2. The number of H-pyrrole nitrogens is 1. The predicted molar refractivity (Wildman–Crippen MR) is 118 cm³/mol. The summed E-state index contributed by atoms with van der Waals surface area (Å²) in [5.74, 6) is 0.253. The van der Waals surface area contributed by atoms with Crippen LogP contribution < -0.4 is 5.73 Å². The van der Waals surface area contributed by atoms with Crippen LogP contribution in [-0.2, 0) is 27.3 Å². The number of para-hydroxylation sites is 1. The van der Waals surface area contributed by atoms with E-state index < -0.39 is 12.0 Å². The predicted octanol–water partition coefficient (Wildman–Crippen LogP) is 2.10. The molecule has 3 atom stereocenters. The average molecular weight is 459 g/mol. The molecule has 0 saturated heterocycles. The topological polar surface area (TPSA) is 129 Å². The second kappa shape index (κ2) is 9.33. The Kier molecular flexibility index (Phi) is 6.52. The van der Waals surface area contributed by atoms with Crippen molar-refractivity contribution < 1.29 is 24.5 Å². The van der Waals surface area contributed by atoms with Gasteiger partial charge in [0.2, 0.25) is 5.91 Å². The van der Waals surface area contributed by atoms with E-state index in [9.17, 15) is 9.59 Å². The fraction of sp³-hybridized carbons (Fsp3) is 0.455. The molecular formula is C22H28N5O4S+. The van der Waals surface area contributed by atoms with Crippen molar-refractivity contribution in [1.29, 1.82) is 0 Å². The third-order valence-corrected chi connectivity index (χ3v) is 6.99. The second-order valence-electron chi connectivity index (χ2n) is 8.08. The quantitative estimate of drug-likeness (QED) is 0.410. The number of rotatable bonds is 7. The number of benzene rings is 1. The van der Waals surface area contributed by atoms with E-state index in [1.807, 2.05) is 24.3 Å². The molecular weight excluding hydrogens is 430 g/mol. The van der Waals surface area contributed by atoms with Gasteiger partial charge in [0.25, 0.3) is 11.1 Å². The zero-order valence-corrected chi connectivity index (χ0v) is 19.3. The normalized spacial score (nSPS) is 17.8. The lowest BCUT2D eigenvalue weighted by Gasteiger charge is -2.33. The van der Waals surface area contributed by atoms with Gasteiger partial charge in [0.05, 0.1) is 19.4 Å². The molecule has 3 aromatic rings. The maximum atomic E-state index is 13.1. The van der Waals surface area contributed by atoms with Crippen LogP contribution in [0.4, 0.5) is 0 Å². The number of carbonyl (C=O) groups excluding carboxylic acids is 2. The molecule has 1 aliphatic rings. The molecule has 1 aliphatic heterocycles. The van der Waals surface area contributed by atoms with Crippen molar-refractivity contribution in [1.82, 2.24) is 20.1 Å². The van der Waals surface area contributed by atoms with Crippen molar-refractivity contribution in [2.24, 2.45) is 5.92 Å². The number of amides is 1. The van der Waals surface area contributed by atoms with Crippen LogP contribution in [0.2, 0.25) is 0 Å². The number of ether oxygens (including phenoxy) is 1. The van der Waals surface area contributed by atoms with E-state index in [0.29, 0.717) is 30.0 Å². The minimum atomic E-state index is -0.673. The minimum absolute atomic E-state index is 0.0792. The molecule has 3 heterocycles. The molecule has 10 heteroatoms. The van der Waals surface area contributed by atoms with Crippen LogP contribution in [0.5, 0.6) is 0 Å². The number of aromatic nitrogens is 3. The summed E-state index contributed by atoms with van der Waals surface area (Å²) < 4.78 is 10.7. The van der Waals surface area contributed by atoms with E-state index in [4.69, 9.17) is 9.15 Å². The fourth-order valence-corrected chi connectivity index (χ4v) is 4.64. The standard InChI is InChI=1S/C22H27N5O4S/c1-4-12(2)19(23)20-25-26-22(31-20)32-11-18(28)27-10-16-14(9-17(27)21(29)30-3)13-7-5-6-8-15(13)24-16/h5-8,12,17,19,24H,4,9-11,23H2,1-3H3/p+1/t12-,17-,19+/m1/s1. The maximum absolute atomic E-state index is 13.1. The maximum Gasteiger partial charge on any atom is 0.328 e. The first-order chi connectivity index (χ1) is 15.4. The first-order valence-corrected chi connectivity index (χ1v) is 11.7. The summed E-state index contributed by atoms with van der Waals surface area (Å²) in [5, 5.41) is 9.52. The summed E-state index contributed by atoms with van der Waals surface area (Å²) in [7, 11) is 1.34. The molecule has 0 fully saturated rings. The summed E-state index contributed by atoms with van der Waals surface area (Å²) in [5.41, 5.74) is 7.10. The van der Waals surface area contributed by atoms with Crippen molar-refractivity contribution in [3.05, 3.63) is 41.4 Å². The highest BCUT2D eigenvalue weighted by molar-refractivity contribution is 7.99. The highest BCUT2D eigenvalue weighted by Gasteiger charge is 2.37. The number of methoxy groups -OCH3 is 1. The van der Waals surface area contributed by atoms with E-state index >= 15 is 0 Å². The van der Waals surface area contributed by atoms with Crippen LogP contribution >= 0.6 is 11.8 Å². The summed E-state index contributed by atoms with van der Waals surface area (Å²) in [6.45, 7) is 4.48. The molecule has 4 rings (SSSR count). The Morgan fingerprint density at radius 2 is 2.16 bits per heavy atom. The molecule has 0 radical (unpaired) electrons.